The minimum absolute atomic E-state index is 0.0591. The van der Waals surface area contributed by atoms with Crippen molar-refractivity contribution in [1.29, 1.82) is 10.5 Å². The Kier molecular flexibility index (Phi) is 7.78. The van der Waals surface area contributed by atoms with E-state index in [4.69, 9.17) is 6.57 Å². The van der Waals surface area contributed by atoms with Gasteiger partial charge in [-0.15, -0.1) is 0 Å². The Morgan fingerprint density at radius 1 is 0.850 bits per heavy atom. The molecule has 1 unspecified atom stereocenters. The number of carbonyl (C=O) groups is 2. The minimum atomic E-state index is -1.80. The maximum absolute atomic E-state index is 13.8. The van der Waals surface area contributed by atoms with E-state index in [9.17, 15) is 24.3 Å². The fraction of sp³-hybridized carbons (Fsp3) is 0.344. The van der Waals surface area contributed by atoms with Gasteiger partial charge < -0.3 is 0 Å². The molecule has 0 N–H and O–H groups in total. The lowest BCUT2D eigenvalue weighted by molar-refractivity contribution is 0.0607. The van der Waals surface area contributed by atoms with Gasteiger partial charge in [-0.2, -0.15) is 10.5 Å². The van der Waals surface area contributed by atoms with Crippen molar-refractivity contribution in [2.45, 2.75) is 74.5 Å². The average Bonchev–Trinajstić information content (AvgIpc) is 2.98. The predicted octanol–water partition coefficient (Wildman–Crippen LogP) is 7.41. The van der Waals surface area contributed by atoms with E-state index in [0.717, 1.165) is 19.3 Å². The molecule has 0 bridgehead atoms. The van der Waals surface area contributed by atoms with Crippen molar-refractivity contribution in [3.8, 4) is 23.3 Å². The average molecular weight is 549 g/mol. The highest BCUT2D eigenvalue weighted by Crippen LogP contribution is 2.51. The summed E-state index contributed by atoms with van der Waals surface area (Å²) in [6, 6.07) is 11.9. The number of benzene rings is 3. The fourth-order valence-electron chi connectivity index (χ4n) is 5.80. The Balaban J connectivity index is 1.54. The topological polar surface area (TPSA) is 106 Å². The molecule has 1 atom stereocenters. The Morgan fingerprint density at radius 2 is 1.50 bits per heavy atom. The SMILES string of the molecule is [C-]#[N+]c1cc2c3c(cc(C#N)c4c3c1S(=O)c1ccc(C#N)cc1-4)C(=O)N(CCCCCCCCCCC)C2=O. The molecule has 40 heavy (non-hydrogen) atoms. The normalized spacial score (nSPS) is 14.9. The molecule has 3 aromatic carbocycles. The van der Waals surface area contributed by atoms with Crippen LogP contribution in [0.5, 0.6) is 0 Å². The van der Waals surface area contributed by atoms with E-state index >= 15 is 0 Å². The van der Waals surface area contributed by atoms with Crippen molar-refractivity contribution in [3.05, 3.63) is 64.0 Å². The monoisotopic (exact) mass is 548 g/mol. The number of imide groups is 1. The van der Waals surface area contributed by atoms with Crippen LogP contribution in [0.3, 0.4) is 0 Å². The zero-order chi connectivity index (χ0) is 28.4. The summed E-state index contributed by atoms with van der Waals surface area (Å²) in [4.78, 5) is 32.8. The zero-order valence-corrected chi connectivity index (χ0v) is 23.2. The maximum atomic E-state index is 13.8. The number of fused-ring (bicyclic) bond motifs is 2. The number of rotatable bonds is 10. The van der Waals surface area contributed by atoms with Gasteiger partial charge in [0.25, 0.3) is 11.8 Å². The summed E-state index contributed by atoms with van der Waals surface area (Å²) in [5.41, 5.74) is 1.82. The second-order valence-electron chi connectivity index (χ2n) is 10.3. The third-order valence-electron chi connectivity index (χ3n) is 7.78. The lowest BCUT2D eigenvalue weighted by Crippen LogP contribution is -2.41. The maximum Gasteiger partial charge on any atom is 0.261 e. The van der Waals surface area contributed by atoms with Crippen LogP contribution in [-0.4, -0.2) is 27.5 Å². The van der Waals surface area contributed by atoms with Gasteiger partial charge in [0.1, 0.15) is 0 Å². The molecule has 2 amide bonds. The summed E-state index contributed by atoms with van der Waals surface area (Å²) in [7, 11) is -1.80. The summed E-state index contributed by atoms with van der Waals surface area (Å²) in [5, 5.41) is 20.3. The number of hydrogen-bond acceptors (Lipinski definition) is 5. The molecule has 0 aromatic heterocycles. The first-order valence-corrected chi connectivity index (χ1v) is 14.9. The molecule has 0 spiro atoms. The van der Waals surface area contributed by atoms with E-state index in [-0.39, 0.29) is 33.8 Å². The summed E-state index contributed by atoms with van der Waals surface area (Å²) < 4.78 is 13.8. The molecule has 0 saturated carbocycles. The van der Waals surface area contributed by atoms with Gasteiger partial charge in [-0.3, -0.25) is 18.7 Å². The van der Waals surface area contributed by atoms with Gasteiger partial charge in [0.15, 0.2) is 0 Å². The van der Waals surface area contributed by atoms with Gasteiger partial charge in [0.05, 0.1) is 50.4 Å². The highest BCUT2D eigenvalue weighted by Gasteiger charge is 2.39. The lowest BCUT2D eigenvalue weighted by Gasteiger charge is -2.31. The van der Waals surface area contributed by atoms with E-state index in [1.807, 2.05) is 0 Å². The summed E-state index contributed by atoms with van der Waals surface area (Å²) >= 11 is 0. The quantitative estimate of drug-likeness (QED) is 0.117. The van der Waals surface area contributed by atoms with E-state index in [1.165, 1.54) is 49.1 Å². The first-order chi connectivity index (χ1) is 19.5. The summed E-state index contributed by atoms with van der Waals surface area (Å²) in [5.74, 6) is -0.962. The lowest BCUT2D eigenvalue weighted by atomic mass is 9.85. The van der Waals surface area contributed by atoms with Gasteiger partial charge in [-0.25, -0.2) is 4.85 Å². The van der Waals surface area contributed by atoms with E-state index in [1.54, 1.807) is 18.2 Å². The van der Waals surface area contributed by atoms with Crippen molar-refractivity contribution >= 4 is 39.1 Å². The Bertz CT molecular complexity index is 1700. The zero-order valence-electron chi connectivity index (χ0n) is 22.4. The molecular formula is C32H28N4O3S. The number of nitriles is 2. The van der Waals surface area contributed by atoms with Gasteiger partial charge >= 0.3 is 0 Å². The van der Waals surface area contributed by atoms with Gasteiger partial charge in [-0.05, 0) is 42.1 Å². The summed E-state index contributed by atoms with van der Waals surface area (Å²) in [6.45, 7) is 10.3. The summed E-state index contributed by atoms with van der Waals surface area (Å²) in [6.07, 6.45) is 9.92. The predicted molar refractivity (Wildman–Crippen MR) is 152 cm³/mol. The largest absolute Gasteiger partial charge is 0.274 e. The number of unbranched alkanes of at least 4 members (excludes halogenated alkanes) is 8. The highest BCUT2D eigenvalue weighted by atomic mass is 32.2. The highest BCUT2D eigenvalue weighted by molar-refractivity contribution is 7.85. The molecule has 0 fully saturated rings. The molecule has 200 valence electrons. The molecule has 7 nitrogen and oxygen atoms in total. The third-order valence-corrected chi connectivity index (χ3v) is 9.32. The second kappa shape index (κ2) is 11.4. The molecule has 2 aliphatic heterocycles. The van der Waals surface area contributed by atoms with Crippen LogP contribution in [0.15, 0.2) is 40.1 Å². The Labute approximate surface area is 236 Å². The standard InChI is InChI=1S/C32H28N4O3S/c1-3-4-5-6-7-8-9-10-11-14-36-31(37)23-16-21(19-34)27-22-15-20(18-33)12-13-26(22)40(39)30-25(35-2)17-24(32(36)38)28(23)29(27)30/h12-13,15-17H,3-11,14H2,1H3. The smallest absolute Gasteiger partial charge is 0.261 e. The molecule has 0 radical (unpaired) electrons. The van der Waals surface area contributed by atoms with E-state index in [2.05, 4.69) is 23.9 Å². The minimum Gasteiger partial charge on any atom is -0.274 e. The molecule has 5 rings (SSSR count). The van der Waals surface area contributed by atoms with Crippen LogP contribution in [0.2, 0.25) is 0 Å². The van der Waals surface area contributed by atoms with Gasteiger partial charge in [0, 0.05) is 34.2 Å². The first kappa shape index (κ1) is 27.3. The number of amides is 2. The van der Waals surface area contributed by atoms with Crippen molar-refractivity contribution in [2.24, 2.45) is 0 Å². The van der Waals surface area contributed by atoms with Crippen LogP contribution >= 0.6 is 0 Å². The van der Waals surface area contributed by atoms with Crippen molar-refractivity contribution in [3.63, 3.8) is 0 Å². The van der Waals surface area contributed by atoms with Crippen LogP contribution in [0.4, 0.5) is 5.69 Å². The van der Waals surface area contributed by atoms with Crippen LogP contribution in [-0.2, 0) is 10.8 Å². The molecule has 0 saturated heterocycles. The molecule has 0 aliphatic carbocycles. The van der Waals surface area contributed by atoms with Crippen molar-refractivity contribution < 1.29 is 13.8 Å². The molecular weight excluding hydrogens is 520 g/mol. The molecule has 3 aromatic rings. The number of hydrogen-bond donors (Lipinski definition) is 0. The fourth-order valence-corrected chi connectivity index (χ4v) is 7.26. The van der Waals surface area contributed by atoms with E-state index < -0.39 is 22.6 Å². The Morgan fingerprint density at radius 3 is 2.12 bits per heavy atom. The van der Waals surface area contributed by atoms with Gasteiger partial charge in [0.2, 0.25) is 5.69 Å². The van der Waals surface area contributed by atoms with E-state index in [0.29, 0.717) is 38.8 Å². The van der Waals surface area contributed by atoms with Crippen molar-refractivity contribution in [2.75, 3.05) is 6.54 Å². The molecule has 2 heterocycles. The van der Waals surface area contributed by atoms with Crippen molar-refractivity contribution in [1.82, 2.24) is 4.90 Å². The van der Waals surface area contributed by atoms with Crippen LogP contribution in [0.25, 0.3) is 26.7 Å². The molecule has 8 heteroatoms. The first-order valence-electron chi connectivity index (χ1n) is 13.7. The number of carbonyl (C=O) groups excluding carboxylic acids is 2. The van der Waals surface area contributed by atoms with Gasteiger partial charge in [-0.1, -0.05) is 58.3 Å². The van der Waals surface area contributed by atoms with Crippen LogP contribution in [0, 0.1) is 29.2 Å². The third kappa shape index (κ3) is 4.47. The second-order valence-corrected chi connectivity index (χ2v) is 11.7. The van der Waals surface area contributed by atoms with Crippen LogP contribution < -0.4 is 0 Å². The number of nitrogens with zero attached hydrogens (tertiary/aromatic N) is 4. The Hall–Kier alpha value is -4.32. The molecule has 2 aliphatic rings. The van der Waals surface area contributed by atoms with Crippen LogP contribution in [0.1, 0.15) is 96.6 Å².